The third-order valence-electron chi connectivity index (χ3n) is 1.84. The number of hydrogen-bond acceptors (Lipinski definition) is 0. The van der Waals surface area contributed by atoms with Crippen LogP contribution in [0.4, 0.5) is 4.39 Å². The summed E-state index contributed by atoms with van der Waals surface area (Å²) in [7, 11) is 0. The number of hydrogen-bond donors (Lipinski definition) is 0. The highest BCUT2D eigenvalue weighted by molar-refractivity contribution is 5.28. The lowest BCUT2D eigenvalue weighted by Gasteiger charge is -2.12. The first-order valence-corrected chi connectivity index (χ1v) is 3.80. The quantitative estimate of drug-likeness (QED) is 0.524. The summed E-state index contributed by atoms with van der Waals surface area (Å²) >= 11 is 0. The van der Waals surface area contributed by atoms with Crippen LogP contribution >= 0.6 is 0 Å². The fourth-order valence-electron chi connectivity index (χ4n) is 1.20. The Hall–Kier alpha value is -0.590. The second-order valence-corrected chi connectivity index (χ2v) is 2.81. The number of halogens is 1. The summed E-state index contributed by atoms with van der Waals surface area (Å²) in [4.78, 5) is 0. The molecular formula is C9H13F. The molecule has 1 rings (SSSR count). The lowest BCUT2D eigenvalue weighted by Crippen LogP contribution is -1.97. The molecule has 0 bridgehead atoms. The van der Waals surface area contributed by atoms with Gasteiger partial charge in [-0.25, -0.2) is 4.39 Å². The Kier molecular flexibility index (Phi) is 2.25. The van der Waals surface area contributed by atoms with E-state index in [-0.39, 0.29) is 5.83 Å². The molecule has 1 aliphatic carbocycles. The third-order valence-corrected chi connectivity index (χ3v) is 1.84. The zero-order chi connectivity index (χ0) is 7.56. The largest absolute Gasteiger partial charge is 0.207 e. The van der Waals surface area contributed by atoms with Crippen LogP contribution in [0, 0.1) is 5.92 Å². The van der Waals surface area contributed by atoms with Gasteiger partial charge in [0.1, 0.15) is 5.83 Å². The summed E-state index contributed by atoms with van der Waals surface area (Å²) in [6.45, 7) is 4.09. The second-order valence-electron chi connectivity index (χ2n) is 2.81. The molecule has 1 unspecified atom stereocenters. The summed E-state index contributed by atoms with van der Waals surface area (Å²) in [6.07, 6.45) is 5.38. The van der Waals surface area contributed by atoms with Crippen molar-refractivity contribution in [1.82, 2.24) is 0 Å². The molecule has 0 N–H and O–H groups in total. The molecule has 10 heavy (non-hydrogen) atoms. The van der Waals surface area contributed by atoms with Crippen LogP contribution in [-0.2, 0) is 0 Å². The van der Waals surface area contributed by atoms with Crippen molar-refractivity contribution in [3.05, 3.63) is 23.6 Å². The molecule has 0 fully saturated rings. The van der Waals surface area contributed by atoms with Crippen molar-refractivity contribution < 1.29 is 4.39 Å². The summed E-state index contributed by atoms with van der Waals surface area (Å²) in [6, 6.07) is 0. The first-order valence-electron chi connectivity index (χ1n) is 3.80. The van der Waals surface area contributed by atoms with E-state index in [1.807, 2.05) is 13.0 Å². The lowest BCUT2D eigenvalue weighted by atomic mass is 9.96. The molecule has 1 aliphatic rings. The molecule has 1 atom stereocenters. The minimum Gasteiger partial charge on any atom is -0.207 e. The van der Waals surface area contributed by atoms with Gasteiger partial charge in [-0.05, 0) is 30.4 Å². The summed E-state index contributed by atoms with van der Waals surface area (Å²) in [5, 5.41) is 0. The van der Waals surface area contributed by atoms with Crippen molar-refractivity contribution in [2.75, 3.05) is 0 Å². The Labute approximate surface area is 61.4 Å². The van der Waals surface area contributed by atoms with Crippen LogP contribution in [-0.4, -0.2) is 0 Å². The molecule has 0 aromatic heterocycles. The van der Waals surface area contributed by atoms with Crippen molar-refractivity contribution >= 4 is 0 Å². The van der Waals surface area contributed by atoms with Crippen molar-refractivity contribution in [2.24, 2.45) is 5.92 Å². The van der Waals surface area contributed by atoms with E-state index in [1.54, 1.807) is 6.08 Å². The van der Waals surface area contributed by atoms with Gasteiger partial charge in [0.25, 0.3) is 0 Å². The van der Waals surface area contributed by atoms with E-state index in [9.17, 15) is 4.39 Å². The van der Waals surface area contributed by atoms with E-state index in [0.717, 1.165) is 18.4 Å². The van der Waals surface area contributed by atoms with Crippen LogP contribution in [0.2, 0.25) is 0 Å². The highest BCUT2D eigenvalue weighted by Crippen LogP contribution is 2.25. The highest BCUT2D eigenvalue weighted by Gasteiger charge is 2.09. The Morgan fingerprint density at radius 3 is 2.90 bits per heavy atom. The van der Waals surface area contributed by atoms with E-state index in [4.69, 9.17) is 0 Å². The number of rotatable bonds is 1. The average molecular weight is 140 g/mol. The monoisotopic (exact) mass is 140 g/mol. The number of allylic oxidation sites excluding steroid dienone is 4. The first-order chi connectivity index (χ1) is 4.74. The van der Waals surface area contributed by atoms with Gasteiger partial charge in [0.15, 0.2) is 0 Å². The predicted molar refractivity (Wildman–Crippen MR) is 41.3 cm³/mol. The van der Waals surface area contributed by atoms with Crippen molar-refractivity contribution in [1.29, 1.82) is 0 Å². The van der Waals surface area contributed by atoms with Crippen molar-refractivity contribution in [2.45, 2.75) is 26.7 Å². The van der Waals surface area contributed by atoms with Gasteiger partial charge >= 0.3 is 0 Å². The second kappa shape index (κ2) is 3.00. The Morgan fingerprint density at radius 1 is 1.70 bits per heavy atom. The van der Waals surface area contributed by atoms with E-state index in [1.165, 1.54) is 0 Å². The molecule has 0 saturated carbocycles. The Balaban J connectivity index is 2.74. The zero-order valence-corrected chi connectivity index (χ0v) is 6.52. The van der Waals surface area contributed by atoms with Crippen LogP contribution in [0.15, 0.2) is 23.6 Å². The molecule has 0 heterocycles. The van der Waals surface area contributed by atoms with Gasteiger partial charge in [-0.2, -0.15) is 0 Å². The Morgan fingerprint density at radius 2 is 2.40 bits per heavy atom. The minimum absolute atomic E-state index is 0.0133. The average Bonchev–Trinajstić information content (AvgIpc) is 1.94. The lowest BCUT2D eigenvalue weighted by molar-refractivity contribution is 0.598. The van der Waals surface area contributed by atoms with Gasteiger partial charge < -0.3 is 0 Å². The first kappa shape index (κ1) is 7.52. The summed E-state index contributed by atoms with van der Waals surface area (Å²) in [5.74, 6) is 0.509. The third kappa shape index (κ3) is 1.47. The smallest absolute Gasteiger partial charge is 0.122 e. The van der Waals surface area contributed by atoms with Crippen LogP contribution in [0.5, 0.6) is 0 Å². The van der Waals surface area contributed by atoms with E-state index in [2.05, 4.69) is 6.92 Å². The maximum absolute atomic E-state index is 12.8. The molecule has 0 saturated heterocycles. The van der Waals surface area contributed by atoms with Crippen LogP contribution in [0.1, 0.15) is 26.7 Å². The fourth-order valence-corrected chi connectivity index (χ4v) is 1.20. The van der Waals surface area contributed by atoms with Crippen molar-refractivity contribution in [3.63, 3.8) is 0 Å². The fraction of sp³-hybridized carbons (Fsp3) is 0.556. The van der Waals surface area contributed by atoms with Crippen LogP contribution in [0.25, 0.3) is 0 Å². The summed E-state index contributed by atoms with van der Waals surface area (Å²) < 4.78 is 12.8. The van der Waals surface area contributed by atoms with Gasteiger partial charge in [0, 0.05) is 0 Å². The molecule has 1 heteroatoms. The van der Waals surface area contributed by atoms with Gasteiger partial charge in [-0.1, -0.05) is 19.9 Å². The molecular weight excluding hydrogens is 127 g/mol. The molecule has 0 aromatic rings. The highest BCUT2D eigenvalue weighted by atomic mass is 19.1. The zero-order valence-electron chi connectivity index (χ0n) is 6.52. The van der Waals surface area contributed by atoms with E-state index in [0.29, 0.717) is 5.92 Å². The van der Waals surface area contributed by atoms with Crippen LogP contribution in [0.3, 0.4) is 0 Å². The summed E-state index contributed by atoms with van der Waals surface area (Å²) in [5.41, 5.74) is 0.874. The van der Waals surface area contributed by atoms with E-state index >= 15 is 0 Å². The normalized spacial score (nSPS) is 25.7. The minimum atomic E-state index is -0.0133. The molecule has 0 nitrogen and oxygen atoms in total. The molecule has 0 aliphatic heterocycles. The van der Waals surface area contributed by atoms with Crippen molar-refractivity contribution in [3.8, 4) is 0 Å². The van der Waals surface area contributed by atoms with Gasteiger partial charge in [0.05, 0.1) is 0 Å². The van der Waals surface area contributed by atoms with E-state index < -0.39 is 0 Å². The standard InChI is InChI=1S/C9H13F/c1-3-8-6-7(2)4-5-9(8)10/h5-7H,3-4H2,1-2H3. The van der Waals surface area contributed by atoms with Crippen LogP contribution < -0.4 is 0 Å². The SMILES string of the molecule is CCC1=CC(C)CC=C1F. The molecule has 56 valence electrons. The topological polar surface area (TPSA) is 0 Å². The van der Waals surface area contributed by atoms with Gasteiger partial charge in [-0.3, -0.25) is 0 Å². The molecule has 0 aromatic carbocycles. The molecule has 0 spiro atoms. The molecule has 0 amide bonds. The predicted octanol–water partition coefficient (Wildman–Crippen LogP) is 3.22. The van der Waals surface area contributed by atoms with Gasteiger partial charge in [0.2, 0.25) is 0 Å². The maximum Gasteiger partial charge on any atom is 0.122 e. The Bertz CT molecular complexity index is 177. The molecule has 0 radical (unpaired) electrons. The van der Waals surface area contributed by atoms with Gasteiger partial charge in [-0.15, -0.1) is 0 Å². The maximum atomic E-state index is 12.8.